The minimum Gasteiger partial charge on any atom is -0.394 e. The molecule has 1 rings (SSSR count). The molecular formula is C77H129NO8. The number of carbonyl (C=O) groups excluding carboxylic acids is 1. The van der Waals surface area contributed by atoms with E-state index in [1.54, 1.807) is 6.08 Å². The highest BCUT2D eigenvalue weighted by Crippen LogP contribution is 2.23. The van der Waals surface area contributed by atoms with E-state index in [1.165, 1.54) is 135 Å². The van der Waals surface area contributed by atoms with Crippen LogP contribution in [0.25, 0.3) is 0 Å². The van der Waals surface area contributed by atoms with E-state index in [0.29, 0.717) is 6.42 Å². The average molecular weight is 1200 g/mol. The zero-order chi connectivity index (χ0) is 62.1. The van der Waals surface area contributed by atoms with Gasteiger partial charge in [-0.3, -0.25) is 4.79 Å². The highest BCUT2D eigenvalue weighted by molar-refractivity contribution is 5.76. The van der Waals surface area contributed by atoms with Crippen LogP contribution in [0.3, 0.4) is 0 Å². The SMILES string of the molecule is CC/C=C\C/C=C\C/C=C\C/C=C\C/C=C\C/C=C\C/C=C\C/C=C\C/C=C\CCCCCCCCCCCC(=O)NC(COC1OC(CO)C(O)C(O)C1O)C(O)/C=C/CC/C=C/CC/C=C/CCCCCCCCCCCCCCCCCC. The van der Waals surface area contributed by atoms with Crippen LogP contribution in [0, 0.1) is 0 Å². The normalized spacial score (nSPS) is 19.0. The van der Waals surface area contributed by atoms with Crippen LogP contribution < -0.4 is 5.32 Å². The minimum atomic E-state index is -1.59. The van der Waals surface area contributed by atoms with Crippen LogP contribution in [0.5, 0.6) is 0 Å². The second kappa shape index (κ2) is 64.1. The number of aliphatic hydroxyl groups excluding tert-OH is 5. The summed E-state index contributed by atoms with van der Waals surface area (Å²) in [6.07, 6.45) is 92.3. The standard InChI is InChI=1S/C77H129NO8/c1-3-5-7-9-11-13-15-17-19-21-23-25-27-29-31-32-33-34-35-36-37-38-39-40-41-43-45-47-49-51-53-55-57-59-61-63-65-67-73(81)78-70(69-85-77-76(84)75(83)74(82)72(68-79)86-77)71(80)66-64-62-60-58-56-54-52-50-48-46-44-42-30-28-26-24-22-20-18-16-14-12-10-8-6-4-2/h5,7,11,13,17,19,23,25,29,31,33-34,36-37,39-40,43,45,48,50,56,58,64,66,70-72,74-77,79-80,82-84H,3-4,6,8-10,12,14-16,18,20-22,24,26-28,30,32,35,38,41-42,44,46-47,49,51-55,57,59-63,65,67-69H2,1-2H3,(H,78,81)/b7-5-,13-11-,19-17-,25-23-,31-29-,34-33-,37-36-,40-39-,45-43-,50-48+,58-56+,66-64+. The molecule has 1 saturated heterocycles. The number of unbranched alkanes of at least 4 members (excludes halogenated alkanes) is 27. The lowest BCUT2D eigenvalue weighted by Gasteiger charge is -2.40. The van der Waals surface area contributed by atoms with Crippen molar-refractivity contribution in [1.82, 2.24) is 5.32 Å². The summed E-state index contributed by atoms with van der Waals surface area (Å²) in [6.45, 7) is 3.65. The molecule has 0 aromatic rings. The van der Waals surface area contributed by atoms with Crippen LogP contribution in [0.2, 0.25) is 0 Å². The Balaban J connectivity index is 2.20. The number of nitrogens with one attached hydrogen (secondary N) is 1. The highest BCUT2D eigenvalue weighted by Gasteiger charge is 2.44. The van der Waals surface area contributed by atoms with E-state index in [1.807, 2.05) is 6.08 Å². The largest absolute Gasteiger partial charge is 0.394 e. The molecule has 0 aromatic heterocycles. The highest BCUT2D eigenvalue weighted by atomic mass is 16.7. The van der Waals surface area contributed by atoms with Crippen LogP contribution in [0.4, 0.5) is 0 Å². The molecule has 7 unspecified atom stereocenters. The molecule has 490 valence electrons. The van der Waals surface area contributed by atoms with Gasteiger partial charge in [-0.1, -0.05) is 301 Å². The summed E-state index contributed by atoms with van der Waals surface area (Å²) < 4.78 is 11.3. The molecule has 9 nitrogen and oxygen atoms in total. The van der Waals surface area contributed by atoms with Crippen LogP contribution in [-0.2, 0) is 14.3 Å². The Kier molecular flexibility index (Phi) is 59.7. The summed E-state index contributed by atoms with van der Waals surface area (Å²) in [5, 5.41) is 54.7. The van der Waals surface area contributed by atoms with Crippen molar-refractivity contribution in [2.75, 3.05) is 13.2 Å². The van der Waals surface area contributed by atoms with Crippen molar-refractivity contribution in [3.05, 3.63) is 146 Å². The van der Waals surface area contributed by atoms with E-state index in [2.05, 4.69) is 153 Å². The summed E-state index contributed by atoms with van der Waals surface area (Å²) in [7, 11) is 0. The van der Waals surface area contributed by atoms with Crippen molar-refractivity contribution in [3.8, 4) is 0 Å². The molecule has 0 aromatic carbocycles. The Morgan fingerprint density at radius 3 is 1.12 bits per heavy atom. The van der Waals surface area contributed by atoms with E-state index in [-0.39, 0.29) is 12.5 Å². The van der Waals surface area contributed by atoms with Gasteiger partial charge in [-0.15, -0.1) is 0 Å². The lowest BCUT2D eigenvalue weighted by molar-refractivity contribution is -0.302. The molecule has 1 heterocycles. The van der Waals surface area contributed by atoms with Gasteiger partial charge in [0.15, 0.2) is 6.29 Å². The van der Waals surface area contributed by atoms with Gasteiger partial charge in [-0.05, 0) is 116 Å². The van der Waals surface area contributed by atoms with Gasteiger partial charge in [0.25, 0.3) is 0 Å². The quantitative estimate of drug-likeness (QED) is 0.0261. The number of allylic oxidation sites excluding steroid dienone is 23. The molecule has 86 heavy (non-hydrogen) atoms. The number of hydrogen-bond donors (Lipinski definition) is 6. The third kappa shape index (κ3) is 52.1. The van der Waals surface area contributed by atoms with Gasteiger partial charge in [0.2, 0.25) is 5.91 Å². The fourth-order valence-corrected chi connectivity index (χ4v) is 10.2. The van der Waals surface area contributed by atoms with Crippen molar-refractivity contribution in [2.24, 2.45) is 0 Å². The molecule has 9 heteroatoms. The van der Waals surface area contributed by atoms with Crippen LogP contribution in [-0.4, -0.2) is 87.5 Å². The van der Waals surface area contributed by atoms with Crippen molar-refractivity contribution in [2.45, 2.75) is 320 Å². The number of hydrogen-bond acceptors (Lipinski definition) is 8. The smallest absolute Gasteiger partial charge is 0.220 e. The Hall–Kier alpha value is -3.93. The number of ether oxygens (including phenoxy) is 2. The first kappa shape index (κ1) is 80.1. The first-order valence-electron chi connectivity index (χ1n) is 35.1. The van der Waals surface area contributed by atoms with Crippen molar-refractivity contribution in [1.29, 1.82) is 0 Å². The lowest BCUT2D eigenvalue weighted by Crippen LogP contribution is -2.60. The van der Waals surface area contributed by atoms with Gasteiger partial charge in [0.05, 0.1) is 25.4 Å². The van der Waals surface area contributed by atoms with Gasteiger partial charge in [0.1, 0.15) is 24.4 Å². The summed E-state index contributed by atoms with van der Waals surface area (Å²) >= 11 is 0. The number of carbonyl (C=O) groups is 1. The Morgan fingerprint density at radius 1 is 0.407 bits per heavy atom. The molecule has 0 spiro atoms. The molecule has 1 aliphatic rings. The fourth-order valence-electron chi connectivity index (χ4n) is 10.2. The van der Waals surface area contributed by atoms with Crippen molar-refractivity contribution >= 4 is 5.91 Å². The van der Waals surface area contributed by atoms with E-state index >= 15 is 0 Å². The van der Waals surface area contributed by atoms with E-state index in [9.17, 15) is 30.3 Å². The molecule has 0 aliphatic carbocycles. The van der Waals surface area contributed by atoms with Crippen molar-refractivity contribution < 1.29 is 39.8 Å². The topological polar surface area (TPSA) is 149 Å². The monoisotopic (exact) mass is 1200 g/mol. The Labute approximate surface area is 527 Å². The molecular weight excluding hydrogens is 1070 g/mol. The maximum atomic E-state index is 13.1. The Bertz CT molecular complexity index is 1870. The zero-order valence-corrected chi connectivity index (χ0v) is 54.8. The molecule has 6 N–H and O–H groups in total. The molecule has 7 atom stereocenters. The van der Waals surface area contributed by atoms with Gasteiger partial charge in [-0.2, -0.15) is 0 Å². The van der Waals surface area contributed by atoms with E-state index < -0.39 is 49.5 Å². The maximum Gasteiger partial charge on any atom is 0.220 e. The predicted molar refractivity (Wildman–Crippen MR) is 368 cm³/mol. The molecule has 0 saturated carbocycles. The van der Waals surface area contributed by atoms with Gasteiger partial charge in [-0.25, -0.2) is 0 Å². The first-order chi connectivity index (χ1) is 42.3. The number of rotatable bonds is 59. The second-order valence-electron chi connectivity index (χ2n) is 23.6. The van der Waals surface area contributed by atoms with Gasteiger partial charge in [0, 0.05) is 6.42 Å². The predicted octanol–water partition coefficient (Wildman–Crippen LogP) is 19.4. The van der Waals surface area contributed by atoms with E-state index in [4.69, 9.17) is 9.47 Å². The summed E-state index contributed by atoms with van der Waals surface area (Å²) in [5.41, 5.74) is 0. The third-order valence-corrected chi connectivity index (χ3v) is 15.6. The summed E-state index contributed by atoms with van der Waals surface area (Å²) in [6, 6.07) is -0.844. The van der Waals surface area contributed by atoms with E-state index in [0.717, 1.165) is 122 Å². The number of aliphatic hydroxyl groups is 5. The van der Waals surface area contributed by atoms with Crippen LogP contribution in [0.15, 0.2) is 146 Å². The Morgan fingerprint density at radius 2 is 0.733 bits per heavy atom. The average Bonchev–Trinajstić information content (AvgIpc) is 2.44. The third-order valence-electron chi connectivity index (χ3n) is 15.6. The summed E-state index contributed by atoms with van der Waals surface area (Å²) in [4.78, 5) is 13.1. The number of amides is 1. The summed E-state index contributed by atoms with van der Waals surface area (Å²) in [5.74, 6) is -0.201. The second-order valence-corrected chi connectivity index (χ2v) is 23.6. The molecule has 0 bridgehead atoms. The van der Waals surface area contributed by atoms with Crippen LogP contribution >= 0.6 is 0 Å². The van der Waals surface area contributed by atoms with Crippen molar-refractivity contribution in [3.63, 3.8) is 0 Å². The lowest BCUT2D eigenvalue weighted by atomic mass is 9.99. The fraction of sp³-hybridized carbons (Fsp3) is 0.675. The molecule has 0 radical (unpaired) electrons. The zero-order valence-electron chi connectivity index (χ0n) is 54.8. The molecule has 1 aliphatic heterocycles. The minimum absolute atomic E-state index is 0.201. The van der Waals surface area contributed by atoms with Crippen LogP contribution in [0.1, 0.15) is 277 Å². The molecule has 1 fully saturated rings. The molecule has 1 amide bonds. The van der Waals surface area contributed by atoms with Gasteiger partial charge < -0.3 is 40.3 Å². The first-order valence-corrected chi connectivity index (χ1v) is 35.1. The van der Waals surface area contributed by atoms with Gasteiger partial charge >= 0.3 is 0 Å². The maximum absolute atomic E-state index is 13.1.